The maximum Gasteiger partial charge on any atom is 0.125 e. The second-order valence-electron chi connectivity index (χ2n) is 3.46. The molecular formula is C12H9NO. The number of phenolic OH excluding ortho intramolecular Hbond substituents is 1. The van der Waals surface area contributed by atoms with E-state index in [0.29, 0.717) is 5.75 Å². The molecule has 0 aromatic heterocycles. The molecule has 68 valence electrons. The van der Waals surface area contributed by atoms with Gasteiger partial charge in [0.05, 0.1) is 5.69 Å². The van der Waals surface area contributed by atoms with Crippen LogP contribution in [0.25, 0.3) is 10.8 Å². The van der Waals surface area contributed by atoms with Gasteiger partial charge in [-0.15, -0.1) is 0 Å². The summed E-state index contributed by atoms with van der Waals surface area (Å²) in [7, 11) is 0. The van der Waals surface area contributed by atoms with Crippen molar-refractivity contribution >= 4 is 22.7 Å². The highest BCUT2D eigenvalue weighted by molar-refractivity contribution is 6.01. The number of hydrogen-bond acceptors (Lipinski definition) is 2. The number of rotatable bonds is 0. The van der Waals surface area contributed by atoms with Crippen LogP contribution in [0, 0.1) is 0 Å². The smallest absolute Gasteiger partial charge is 0.125 e. The lowest BCUT2D eigenvalue weighted by atomic mass is 10.0. The van der Waals surface area contributed by atoms with E-state index < -0.39 is 0 Å². The first-order valence-corrected chi connectivity index (χ1v) is 4.62. The van der Waals surface area contributed by atoms with Crippen LogP contribution in [0.3, 0.4) is 0 Å². The van der Waals surface area contributed by atoms with Gasteiger partial charge in [0.1, 0.15) is 5.75 Å². The number of aliphatic imine (C=N–C) groups is 1. The molecule has 2 aromatic rings. The molecule has 0 saturated carbocycles. The number of phenols is 1. The topological polar surface area (TPSA) is 32.6 Å². The van der Waals surface area contributed by atoms with Gasteiger partial charge in [-0.3, -0.25) is 4.99 Å². The summed E-state index contributed by atoms with van der Waals surface area (Å²) in [6.45, 7) is 0. The van der Waals surface area contributed by atoms with E-state index in [1.165, 1.54) is 5.56 Å². The Morgan fingerprint density at radius 2 is 2.07 bits per heavy atom. The van der Waals surface area contributed by atoms with E-state index in [1.54, 1.807) is 6.07 Å². The quantitative estimate of drug-likeness (QED) is 0.669. The molecule has 0 spiro atoms. The Balaban J connectivity index is 2.53. The van der Waals surface area contributed by atoms with E-state index >= 15 is 0 Å². The van der Waals surface area contributed by atoms with Crippen molar-refractivity contribution in [2.24, 2.45) is 4.99 Å². The van der Waals surface area contributed by atoms with Crippen LogP contribution >= 0.6 is 0 Å². The molecule has 1 aliphatic heterocycles. The van der Waals surface area contributed by atoms with Crippen molar-refractivity contribution in [1.82, 2.24) is 0 Å². The fourth-order valence-corrected chi connectivity index (χ4v) is 1.93. The molecule has 0 saturated heterocycles. The van der Waals surface area contributed by atoms with E-state index in [9.17, 15) is 5.11 Å². The fourth-order valence-electron chi connectivity index (χ4n) is 1.93. The second kappa shape index (κ2) is 2.58. The maximum atomic E-state index is 9.76. The van der Waals surface area contributed by atoms with Crippen molar-refractivity contribution < 1.29 is 5.11 Å². The first kappa shape index (κ1) is 7.56. The molecule has 0 radical (unpaired) electrons. The zero-order valence-electron chi connectivity index (χ0n) is 7.57. The SMILES string of the molecule is Oc1cccc2ccc3c(c12)N=CC3. The molecule has 2 heteroatoms. The Kier molecular flexibility index (Phi) is 1.39. The summed E-state index contributed by atoms with van der Waals surface area (Å²) in [5, 5.41) is 11.7. The summed E-state index contributed by atoms with van der Waals surface area (Å²) in [6, 6.07) is 9.65. The third-order valence-corrected chi connectivity index (χ3v) is 2.61. The second-order valence-corrected chi connectivity index (χ2v) is 3.46. The van der Waals surface area contributed by atoms with Gasteiger partial charge in [0.15, 0.2) is 0 Å². The van der Waals surface area contributed by atoms with Crippen LogP contribution in [0.15, 0.2) is 35.3 Å². The first-order chi connectivity index (χ1) is 6.86. The number of aromatic hydroxyl groups is 1. The van der Waals surface area contributed by atoms with E-state index in [0.717, 1.165) is 22.9 Å². The molecule has 0 amide bonds. The summed E-state index contributed by atoms with van der Waals surface area (Å²) < 4.78 is 0. The molecule has 1 N–H and O–H groups in total. The van der Waals surface area contributed by atoms with Crippen molar-refractivity contribution in [3.63, 3.8) is 0 Å². The van der Waals surface area contributed by atoms with Crippen molar-refractivity contribution in [3.05, 3.63) is 35.9 Å². The van der Waals surface area contributed by atoms with Gasteiger partial charge in [0.2, 0.25) is 0 Å². The molecule has 0 fully saturated rings. The van der Waals surface area contributed by atoms with Crippen LogP contribution in [-0.4, -0.2) is 11.3 Å². The van der Waals surface area contributed by atoms with Crippen LogP contribution < -0.4 is 0 Å². The van der Waals surface area contributed by atoms with Gasteiger partial charge in [0, 0.05) is 18.0 Å². The molecule has 0 bridgehead atoms. The maximum absolute atomic E-state index is 9.76. The molecule has 2 nitrogen and oxygen atoms in total. The summed E-state index contributed by atoms with van der Waals surface area (Å²) in [4.78, 5) is 4.30. The molecule has 2 aromatic carbocycles. The van der Waals surface area contributed by atoms with Crippen LogP contribution in [-0.2, 0) is 6.42 Å². The van der Waals surface area contributed by atoms with Crippen molar-refractivity contribution in [3.8, 4) is 5.75 Å². The molecule has 0 aliphatic carbocycles. The highest BCUT2D eigenvalue weighted by Gasteiger charge is 2.12. The van der Waals surface area contributed by atoms with E-state index in [4.69, 9.17) is 0 Å². The lowest BCUT2D eigenvalue weighted by Gasteiger charge is -2.04. The molecule has 14 heavy (non-hydrogen) atoms. The van der Waals surface area contributed by atoms with Crippen molar-refractivity contribution in [1.29, 1.82) is 0 Å². The van der Waals surface area contributed by atoms with Crippen LogP contribution in [0.5, 0.6) is 5.75 Å². The molecular weight excluding hydrogens is 174 g/mol. The number of hydrogen-bond donors (Lipinski definition) is 1. The Morgan fingerprint density at radius 1 is 1.14 bits per heavy atom. The summed E-state index contributed by atoms with van der Waals surface area (Å²) >= 11 is 0. The van der Waals surface area contributed by atoms with Crippen LogP contribution in [0.4, 0.5) is 5.69 Å². The molecule has 1 aliphatic rings. The molecule has 3 rings (SSSR count). The summed E-state index contributed by atoms with van der Waals surface area (Å²) in [5.41, 5.74) is 2.12. The predicted octanol–water partition coefficient (Wildman–Crippen LogP) is 2.80. The zero-order valence-corrected chi connectivity index (χ0v) is 7.57. The Bertz CT molecular complexity index is 543. The average molecular weight is 183 g/mol. The van der Waals surface area contributed by atoms with Gasteiger partial charge < -0.3 is 5.11 Å². The van der Waals surface area contributed by atoms with Crippen LogP contribution in [0.1, 0.15) is 5.56 Å². The van der Waals surface area contributed by atoms with Gasteiger partial charge in [-0.25, -0.2) is 0 Å². The lowest BCUT2D eigenvalue weighted by molar-refractivity contribution is 0.482. The molecule has 0 atom stereocenters. The summed E-state index contributed by atoms with van der Waals surface area (Å²) in [6.07, 6.45) is 2.76. The van der Waals surface area contributed by atoms with Gasteiger partial charge in [0.25, 0.3) is 0 Å². The number of fused-ring (bicyclic) bond motifs is 3. The summed E-state index contributed by atoms with van der Waals surface area (Å²) in [5.74, 6) is 0.318. The predicted molar refractivity (Wildman–Crippen MR) is 57.5 cm³/mol. The number of benzene rings is 2. The Morgan fingerprint density at radius 3 is 3.00 bits per heavy atom. The first-order valence-electron chi connectivity index (χ1n) is 4.62. The minimum absolute atomic E-state index is 0.318. The fraction of sp³-hybridized carbons (Fsp3) is 0.0833. The van der Waals surface area contributed by atoms with Gasteiger partial charge in [-0.2, -0.15) is 0 Å². The van der Waals surface area contributed by atoms with Gasteiger partial charge >= 0.3 is 0 Å². The average Bonchev–Trinajstić information content (AvgIpc) is 2.65. The molecule has 0 unspecified atom stereocenters. The number of nitrogens with zero attached hydrogens (tertiary/aromatic N) is 1. The largest absolute Gasteiger partial charge is 0.507 e. The highest BCUT2D eigenvalue weighted by Crippen LogP contribution is 2.38. The lowest BCUT2D eigenvalue weighted by Crippen LogP contribution is -1.80. The van der Waals surface area contributed by atoms with Crippen LogP contribution in [0.2, 0.25) is 0 Å². The van der Waals surface area contributed by atoms with E-state index in [-0.39, 0.29) is 0 Å². The van der Waals surface area contributed by atoms with E-state index in [2.05, 4.69) is 11.1 Å². The Labute approximate surface area is 81.5 Å². The van der Waals surface area contributed by atoms with Gasteiger partial charge in [-0.1, -0.05) is 24.3 Å². The minimum atomic E-state index is 0.318. The Hall–Kier alpha value is -1.83. The minimum Gasteiger partial charge on any atom is -0.507 e. The van der Waals surface area contributed by atoms with E-state index in [1.807, 2.05) is 24.4 Å². The monoisotopic (exact) mass is 183 g/mol. The zero-order chi connectivity index (χ0) is 9.54. The third kappa shape index (κ3) is 0.880. The normalized spacial score (nSPS) is 13.4. The van der Waals surface area contributed by atoms with Crippen molar-refractivity contribution in [2.45, 2.75) is 6.42 Å². The van der Waals surface area contributed by atoms with Gasteiger partial charge in [-0.05, 0) is 17.0 Å². The molecule has 1 heterocycles. The standard InChI is InChI=1S/C12H9NO/c14-10-3-1-2-8-4-5-9-6-7-13-12(9)11(8)10/h1-5,7,14H,6H2. The highest BCUT2D eigenvalue weighted by atomic mass is 16.3. The third-order valence-electron chi connectivity index (χ3n) is 2.61. The van der Waals surface area contributed by atoms with Crippen molar-refractivity contribution in [2.75, 3.05) is 0 Å².